The Morgan fingerprint density at radius 1 is 1.29 bits per heavy atom. The van der Waals surface area contributed by atoms with E-state index in [-0.39, 0.29) is 12.0 Å². The van der Waals surface area contributed by atoms with Crippen LogP contribution in [0.3, 0.4) is 0 Å². The van der Waals surface area contributed by atoms with Gasteiger partial charge in [0.15, 0.2) is 5.15 Å². The quantitative estimate of drug-likeness (QED) is 0.317. The molecule has 0 unspecified atom stereocenters. The fraction of sp³-hybridized carbons (Fsp3) is 0.304. The van der Waals surface area contributed by atoms with Crippen molar-refractivity contribution >= 4 is 45.9 Å². The summed E-state index contributed by atoms with van der Waals surface area (Å²) in [6.45, 7) is 1.60. The molecule has 0 spiro atoms. The van der Waals surface area contributed by atoms with Gasteiger partial charge in [0.25, 0.3) is 0 Å². The molecule has 5 rings (SSSR count). The molecule has 1 aliphatic heterocycles. The number of aromatic amines is 1. The Kier molecular flexibility index (Phi) is 8.03. The summed E-state index contributed by atoms with van der Waals surface area (Å²) in [6.07, 6.45) is 3.36. The Morgan fingerprint density at radius 2 is 2.05 bits per heavy atom. The van der Waals surface area contributed by atoms with E-state index in [4.69, 9.17) is 33.1 Å². The van der Waals surface area contributed by atoms with Gasteiger partial charge >= 0.3 is 12.1 Å². The Morgan fingerprint density at radius 3 is 2.74 bits per heavy atom. The van der Waals surface area contributed by atoms with Gasteiger partial charge in [0.2, 0.25) is 0 Å². The third-order valence-corrected chi connectivity index (χ3v) is 6.50. The van der Waals surface area contributed by atoms with Crippen molar-refractivity contribution < 1.29 is 23.1 Å². The molecule has 0 aliphatic carbocycles. The molecule has 5 heterocycles. The molecular formula is C23H19Cl2F3N8O2. The average molecular weight is 567 g/mol. The van der Waals surface area contributed by atoms with E-state index >= 15 is 0 Å². The Bertz CT molecular complexity index is 1480. The number of aliphatic carboxylic acids is 1. The molecule has 15 heteroatoms. The van der Waals surface area contributed by atoms with Crippen LogP contribution in [-0.4, -0.2) is 60.1 Å². The number of nitriles is 1. The predicted octanol–water partition coefficient (Wildman–Crippen LogP) is 5.14. The standard InChI is InChI=1S/C21H18Cl2N8.C2HF3O2/c22-18-2-1-17(20(23)29-18)30-8-5-13(10-30)16(3-6-24)31-11-14(9-28-31)19-15-4-7-25-21(15)27-12-26-19;3-2(4,5)1(6)7/h1-2,4,7,9,11-13,16H,3,5,8,10H2,(H,25,26,27);(H,6,7)/t13-,16-;/m0./s1. The van der Waals surface area contributed by atoms with Gasteiger partial charge in [-0.05, 0) is 24.6 Å². The van der Waals surface area contributed by atoms with Crippen molar-refractivity contribution in [3.63, 3.8) is 0 Å². The van der Waals surface area contributed by atoms with Crippen molar-refractivity contribution in [2.45, 2.75) is 25.1 Å². The van der Waals surface area contributed by atoms with Crippen molar-refractivity contribution in [3.8, 4) is 17.3 Å². The summed E-state index contributed by atoms with van der Waals surface area (Å²) in [5, 5.41) is 22.9. The number of carboxylic acids is 1. The number of nitrogens with zero attached hydrogens (tertiary/aromatic N) is 7. The first-order valence-electron chi connectivity index (χ1n) is 11.1. The molecule has 0 aromatic carbocycles. The minimum absolute atomic E-state index is 0.0497. The first-order valence-corrected chi connectivity index (χ1v) is 11.9. The summed E-state index contributed by atoms with van der Waals surface area (Å²) in [5.74, 6) is -2.51. The summed E-state index contributed by atoms with van der Waals surface area (Å²) in [5.41, 5.74) is 3.36. The van der Waals surface area contributed by atoms with Crippen LogP contribution in [0.2, 0.25) is 10.3 Å². The zero-order valence-electron chi connectivity index (χ0n) is 19.4. The molecule has 0 bridgehead atoms. The number of hydrogen-bond acceptors (Lipinski definition) is 7. The molecular weight excluding hydrogens is 548 g/mol. The van der Waals surface area contributed by atoms with Crippen molar-refractivity contribution in [1.29, 1.82) is 5.26 Å². The molecule has 0 radical (unpaired) electrons. The highest BCUT2D eigenvalue weighted by molar-refractivity contribution is 6.34. The number of fused-ring (bicyclic) bond motifs is 1. The van der Waals surface area contributed by atoms with Crippen molar-refractivity contribution in [1.82, 2.24) is 29.7 Å². The molecule has 4 aromatic heterocycles. The number of halogens is 5. The second kappa shape index (κ2) is 11.2. The molecule has 1 fully saturated rings. The topological polar surface area (TPSA) is 137 Å². The molecule has 0 amide bonds. The van der Waals surface area contributed by atoms with Crippen molar-refractivity contribution in [2.24, 2.45) is 5.92 Å². The lowest BCUT2D eigenvalue weighted by Gasteiger charge is -2.23. The number of hydrogen-bond donors (Lipinski definition) is 2. The van der Waals surface area contributed by atoms with E-state index in [1.54, 1.807) is 12.3 Å². The van der Waals surface area contributed by atoms with Crippen LogP contribution < -0.4 is 4.90 Å². The van der Waals surface area contributed by atoms with Gasteiger partial charge in [-0.2, -0.15) is 23.5 Å². The van der Waals surface area contributed by atoms with E-state index < -0.39 is 12.1 Å². The maximum Gasteiger partial charge on any atom is 0.490 e. The van der Waals surface area contributed by atoms with Crippen LogP contribution in [0.25, 0.3) is 22.3 Å². The number of alkyl halides is 3. The number of aromatic nitrogens is 6. The minimum atomic E-state index is -5.08. The van der Waals surface area contributed by atoms with E-state index in [2.05, 4.69) is 36.0 Å². The molecule has 2 atom stereocenters. The van der Waals surface area contributed by atoms with Crippen LogP contribution in [-0.2, 0) is 4.79 Å². The second-order valence-electron chi connectivity index (χ2n) is 8.34. The molecule has 0 saturated carbocycles. The first kappa shape index (κ1) is 27.2. The molecule has 1 aliphatic rings. The van der Waals surface area contributed by atoms with Crippen molar-refractivity contribution in [2.75, 3.05) is 18.0 Å². The molecule has 10 nitrogen and oxygen atoms in total. The minimum Gasteiger partial charge on any atom is -0.475 e. The fourth-order valence-corrected chi connectivity index (χ4v) is 4.74. The van der Waals surface area contributed by atoms with Gasteiger partial charge in [0, 0.05) is 42.4 Å². The lowest BCUT2D eigenvalue weighted by molar-refractivity contribution is -0.192. The van der Waals surface area contributed by atoms with E-state index in [0.29, 0.717) is 16.7 Å². The number of rotatable bonds is 5. The van der Waals surface area contributed by atoms with Gasteiger partial charge in [-0.25, -0.2) is 19.7 Å². The van der Waals surface area contributed by atoms with Gasteiger partial charge in [0.1, 0.15) is 17.1 Å². The number of anilines is 1. The maximum absolute atomic E-state index is 10.6. The summed E-state index contributed by atoms with van der Waals surface area (Å²) in [4.78, 5) is 27.0. The Hall–Kier alpha value is -3.89. The number of carbonyl (C=O) groups is 1. The number of H-pyrrole nitrogens is 1. The second-order valence-corrected chi connectivity index (χ2v) is 9.09. The Labute approximate surface area is 223 Å². The SMILES string of the molecule is N#CC[C@@H]([C@H]1CCN(c2ccc(Cl)nc2Cl)C1)n1cc(-c2ncnc3[nH]ccc23)cn1.O=C(O)C(F)(F)F. The summed E-state index contributed by atoms with van der Waals surface area (Å²) < 4.78 is 33.6. The van der Waals surface area contributed by atoms with Crippen LogP contribution in [0, 0.1) is 17.2 Å². The number of carboxylic acid groups (broad SMARTS) is 1. The van der Waals surface area contributed by atoms with Gasteiger partial charge in [-0.1, -0.05) is 23.2 Å². The highest BCUT2D eigenvalue weighted by atomic mass is 35.5. The lowest BCUT2D eigenvalue weighted by atomic mass is 9.96. The average Bonchev–Trinajstić information content (AvgIpc) is 3.63. The lowest BCUT2D eigenvalue weighted by Crippen LogP contribution is -2.25. The van der Waals surface area contributed by atoms with Crippen molar-refractivity contribution in [3.05, 3.63) is 53.4 Å². The third-order valence-electron chi connectivity index (χ3n) is 6.02. The van der Waals surface area contributed by atoms with Crippen LogP contribution in [0.15, 0.2) is 43.1 Å². The molecule has 1 saturated heterocycles. The molecule has 4 aromatic rings. The van der Waals surface area contributed by atoms with E-state index in [9.17, 15) is 18.4 Å². The third kappa shape index (κ3) is 5.98. The highest BCUT2D eigenvalue weighted by Crippen LogP contribution is 2.36. The normalized spacial score (nSPS) is 16.1. The zero-order valence-corrected chi connectivity index (χ0v) is 20.9. The van der Waals surface area contributed by atoms with Crippen LogP contribution in [0.4, 0.5) is 18.9 Å². The van der Waals surface area contributed by atoms with Gasteiger partial charge in [-0.3, -0.25) is 4.68 Å². The highest BCUT2D eigenvalue weighted by Gasteiger charge is 2.38. The van der Waals surface area contributed by atoms with Crippen LogP contribution in [0.5, 0.6) is 0 Å². The molecule has 2 N–H and O–H groups in total. The van der Waals surface area contributed by atoms with Gasteiger partial charge < -0.3 is 15.0 Å². The van der Waals surface area contributed by atoms with Gasteiger partial charge in [-0.15, -0.1) is 0 Å². The Balaban J connectivity index is 0.000000426. The number of pyridine rings is 1. The smallest absolute Gasteiger partial charge is 0.475 e. The zero-order chi connectivity index (χ0) is 27.4. The van der Waals surface area contributed by atoms with Crippen LogP contribution >= 0.6 is 23.2 Å². The molecule has 38 heavy (non-hydrogen) atoms. The first-order chi connectivity index (χ1) is 18.1. The van der Waals surface area contributed by atoms with Crippen LogP contribution in [0.1, 0.15) is 18.9 Å². The predicted molar refractivity (Wildman–Crippen MR) is 133 cm³/mol. The fourth-order valence-electron chi connectivity index (χ4n) is 4.27. The van der Waals surface area contributed by atoms with E-state index in [0.717, 1.165) is 47.5 Å². The summed E-state index contributed by atoms with van der Waals surface area (Å²) in [6, 6.07) is 7.86. The monoisotopic (exact) mass is 566 g/mol. The largest absolute Gasteiger partial charge is 0.490 e. The maximum atomic E-state index is 10.6. The van der Waals surface area contributed by atoms with E-state index in [1.807, 2.05) is 29.2 Å². The van der Waals surface area contributed by atoms with Gasteiger partial charge in [0.05, 0.1) is 36.1 Å². The number of nitrogens with one attached hydrogen (secondary N) is 1. The van der Waals surface area contributed by atoms with E-state index in [1.165, 1.54) is 6.33 Å². The molecule has 198 valence electrons. The summed E-state index contributed by atoms with van der Waals surface area (Å²) in [7, 11) is 0. The summed E-state index contributed by atoms with van der Waals surface area (Å²) >= 11 is 12.2.